The van der Waals surface area contributed by atoms with Crippen LogP contribution in [0.2, 0.25) is 0 Å². The van der Waals surface area contributed by atoms with Gasteiger partial charge < -0.3 is 14.7 Å². The van der Waals surface area contributed by atoms with Gasteiger partial charge in [-0.3, -0.25) is 0 Å². The van der Waals surface area contributed by atoms with E-state index in [0.29, 0.717) is 37.1 Å². The second-order valence-corrected chi connectivity index (χ2v) is 8.61. The van der Waals surface area contributed by atoms with Crippen LogP contribution in [0.4, 0.5) is 39.7 Å². The average molecular weight is 508 g/mol. The van der Waals surface area contributed by atoms with Crippen LogP contribution in [0.5, 0.6) is 0 Å². The number of pyridine rings is 1. The number of alkyl halides is 3. The van der Waals surface area contributed by atoms with Gasteiger partial charge in [-0.1, -0.05) is 0 Å². The zero-order valence-corrected chi connectivity index (χ0v) is 20.1. The SMILES string of the molecule is CCN(c1nc(-c2ccc(F)c(F)c2)nc(N2CCN(c3ncccc3C(F)(F)F)CC2)n1)C(C)C. The lowest BCUT2D eigenvalue weighted by atomic mass is 10.2. The van der Waals surface area contributed by atoms with E-state index in [2.05, 4.69) is 19.9 Å². The van der Waals surface area contributed by atoms with Crippen molar-refractivity contribution in [1.29, 1.82) is 0 Å². The third-order valence-corrected chi connectivity index (χ3v) is 5.96. The summed E-state index contributed by atoms with van der Waals surface area (Å²) in [6.07, 6.45) is -3.17. The number of benzene rings is 1. The smallest absolute Gasteiger partial charge is 0.353 e. The van der Waals surface area contributed by atoms with Gasteiger partial charge in [0.25, 0.3) is 0 Å². The number of rotatable bonds is 6. The Hall–Kier alpha value is -3.57. The molecule has 1 aliphatic rings. The van der Waals surface area contributed by atoms with Gasteiger partial charge in [-0.25, -0.2) is 13.8 Å². The largest absolute Gasteiger partial charge is 0.419 e. The molecule has 2 aromatic heterocycles. The summed E-state index contributed by atoms with van der Waals surface area (Å²) in [6, 6.07) is 5.78. The predicted octanol–water partition coefficient (Wildman–Crippen LogP) is 4.79. The summed E-state index contributed by atoms with van der Waals surface area (Å²) in [7, 11) is 0. The Labute approximate surface area is 205 Å². The van der Waals surface area contributed by atoms with Gasteiger partial charge >= 0.3 is 6.18 Å². The number of halogens is 5. The van der Waals surface area contributed by atoms with Crippen molar-refractivity contribution in [2.45, 2.75) is 33.0 Å². The molecule has 12 heteroatoms. The lowest BCUT2D eigenvalue weighted by molar-refractivity contribution is -0.137. The van der Waals surface area contributed by atoms with E-state index in [4.69, 9.17) is 0 Å². The van der Waals surface area contributed by atoms with E-state index in [-0.39, 0.29) is 30.8 Å². The molecular formula is C24H26F5N7. The first-order valence-corrected chi connectivity index (χ1v) is 11.6. The number of anilines is 3. The minimum Gasteiger partial charge on any atom is -0.353 e. The van der Waals surface area contributed by atoms with Crippen LogP contribution in [0, 0.1) is 11.6 Å². The molecular weight excluding hydrogens is 481 g/mol. The molecule has 0 bridgehead atoms. The maximum atomic E-state index is 13.9. The van der Waals surface area contributed by atoms with E-state index < -0.39 is 23.4 Å². The molecule has 0 atom stereocenters. The summed E-state index contributed by atoms with van der Waals surface area (Å²) in [6.45, 7) is 7.72. The Balaban J connectivity index is 1.65. The highest BCUT2D eigenvalue weighted by Crippen LogP contribution is 2.35. The number of aromatic nitrogens is 4. The molecule has 3 aromatic rings. The molecule has 4 rings (SSSR count). The molecule has 0 amide bonds. The second-order valence-electron chi connectivity index (χ2n) is 8.61. The quantitative estimate of drug-likeness (QED) is 0.445. The molecule has 0 spiro atoms. The van der Waals surface area contributed by atoms with Gasteiger partial charge in [0, 0.05) is 50.5 Å². The van der Waals surface area contributed by atoms with Gasteiger partial charge in [-0.05, 0) is 51.1 Å². The van der Waals surface area contributed by atoms with Gasteiger partial charge in [0.2, 0.25) is 11.9 Å². The number of hydrogen-bond acceptors (Lipinski definition) is 7. The summed E-state index contributed by atoms with van der Waals surface area (Å²) < 4.78 is 67.8. The summed E-state index contributed by atoms with van der Waals surface area (Å²) in [5.41, 5.74) is -0.488. The van der Waals surface area contributed by atoms with Crippen molar-refractivity contribution in [3.05, 3.63) is 53.7 Å². The molecule has 192 valence electrons. The van der Waals surface area contributed by atoms with Gasteiger partial charge in [0.1, 0.15) is 5.82 Å². The van der Waals surface area contributed by atoms with Crippen molar-refractivity contribution in [1.82, 2.24) is 19.9 Å². The van der Waals surface area contributed by atoms with Crippen molar-refractivity contribution in [3.8, 4) is 11.4 Å². The Kier molecular flexibility index (Phi) is 7.23. The standard InChI is InChI=1S/C24H26F5N7/c1-4-36(15(2)3)23-32-20(16-7-8-18(25)19(26)14-16)31-22(33-23)35-12-10-34(11-13-35)21-17(24(27,28)29)6-5-9-30-21/h5-9,14-15H,4,10-13H2,1-3H3. The molecule has 1 aromatic carbocycles. The fourth-order valence-electron chi connectivity index (χ4n) is 4.11. The fraction of sp³-hybridized carbons (Fsp3) is 0.417. The molecule has 0 saturated carbocycles. The molecule has 0 aliphatic carbocycles. The van der Waals surface area contributed by atoms with Crippen LogP contribution in [0.25, 0.3) is 11.4 Å². The van der Waals surface area contributed by atoms with E-state index in [1.807, 2.05) is 30.6 Å². The molecule has 3 heterocycles. The lowest BCUT2D eigenvalue weighted by Gasteiger charge is -2.36. The lowest BCUT2D eigenvalue weighted by Crippen LogP contribution is -2.48. The van der Waals surface area contributed by atoms with Crippen molar-refractivity contribution >= 4 is 17.7 Å². The number of hydrogen-bond donors (Lipinski definition) is 0. The number of piperazine rings is 1. The molecule has 1 aliphatic heterocycles. The van der Waals surface area contributed by atoms with Gasteiger partial charge in [-0.15, -0.1) is 0 Å². The summed E-state index contributed by atoms with van der Waals surface area (Å²) in [5.74, 6) is -1.23. The van der Waals surface area contributed by atoms with Crippen LogP contribution >= 0.6 is 0 Å². The third-order valence-electron chi connectivity index (χ3n) is 5.96. The van der Waals surface area contributed by atoms with Crippen LogP contribution in [-0.4, -0.2) is 58.7 Å². The van der Waals surface area contributed by atoms with E-state index in [0.717, 1.165) is 18.2 Å². The monoisotopic (exact) mass is 507 g/mol. The Morgan fingerprint density at radius 2 is 1.64 bits per heavy atom. The topological polar surface area (TPSA) is 61.3 Å². The summed E-state index contributed by atoms with van der Waals surface area (Å²) in [4.78, 5) is 23.0. The fourth-order valence-corrected chi connectivity index (χ4v) is 4.11. The highest BCUT2D eigenvalue weighted by molar-refractivity contribution is 5.59. The third kappa shape index (κ3) is 5.31. The van der Waals surface area contributed by atoms with Crippen LogP contribution in [0.3, 0.4) is 0 Å². The maximum Gasteiger partial charge on any atom is 0.419 e. The molecule has 0 radical (unpaired) electrons. The van der Waals surface area contributed by atoms with Crippen molar-refractivity contribution in [2.75, 3.05) is 47.4 Å². The summed E-state index contributed by atoms with van der Waals surface area (Å²) in [5, 5.41) is 0. The molecule has 0 unspecified atom stereocenters. The van der Waals surface area contributed by atoms with Crippen LogP contribution in [-0.2, 0) is 6.18 Å². The molecule has 7 nitrogen and oxygen atoms in total. The predicted molar refractivity (Wildman–Crippen MR) is 127 cm³/mol. The van der Waals surface area contributed by atoms with Gasteiger partial charge in [0.05, 0.1) is 5.56 Å². The van der Waals surface area contributed by atoms with Gasteiger partial charge in [0.15, 0.2) is 17.5 Å². The Bertz CT molecular complexity index is 1210. The first-order chi connectivity index (χ1) is 17.1. The molecule has 1 saturated heterocycles. The molecule has 0 N–H and O–H groups in total. The Morgan fingerprint density at radius 3 is 2.25 bits per heavy atom. The minimum absolute atomic E-state index is 0.0600. The zero-order valence-electron chi connectivity index (χ0n) is 20.1. The van der Waals surface area contributed by atoms with Gasteiger partial charge in [-0.2, -0.15) is 28.1 Å². The maximum absolute atomic E-state index is 13.9. The van der Waals surface area contributed by atoms with E-state index >= 15 is 0 Å². The first-order valence-electron chi connectivity index (χ1n) is 11.6. The first kappa shape index (κ1) is 25.5. The average Bonchev–Trinajstić information content (AvgIpc) is 2.85. The van der Waals surface area contributed by atoms with E-state index in [9.17, 15) is 22.0 Å². The van der Waals surface area contributed by atoms with E-state index in [1.165, 1.54) is 18.3 Å². The Morgan fingerprint density at radius 1 is 0.944 bits per heavy atom. The normalized spacial score (nSPS) is 14.5. The highest BCUT2D eigenvalue weighted by atomic mass is 19.4. The van der Waals surface area contributed by atoms with Crippen molar-refractivity contribution in [3.63, 3.8) is 0 Å². The molecule has 36 heavy (non-hydrogen) atoms. The molecule has 1 fully saturated rings. The van der Waals surface area contributed by atoms with Crippen LogP contribution in [0.1, 0.15) is 26.3 Å². The zero-order chi connectivity index (χ0) is 26.0. The summed E-state index contributed by atoms with van der Waals surface area (Å²) >= 11 is 0. The van der Waals surface area contributed by atoms with Crippen LogP contribution < -0.4 is 14.7 Å². The van der Waals surface area contributed by atoms with Crippen molar-refractivity contribution < 1.29 is 22.0 Å². The highest BCUT2D eigenvalue weighted by Gasteiger charge is 2.36. The van der Waals surface area contributed by atoms with E-state index in [1.54, 1.807) is 4.90 Å². The van der Waals surface area contributed by atoms with Crippen LogP contribution in [0.15, 0.2) is 36.5 Å². The second kappa shape index (κ2) is 10.2. The van der Waals surface area contributed by atoms with Crippen molar-refractivity contribution in [2.24, 2.45) is 0 Å². The minimum atomic E-state index is -4.51. The number of nitrogens with zero attached hydrogens (tertiary/aromatic N) is 7.